The normalized spacial score (nSPS) is 10.3. The van der Waals surface area contributed by atoms with Crippen LogP contribution in [0.2, 0.25) is 0 Å². The number of nitrogens with zero attached hydrogens (tertiary/aromatic N) is 3. The Labute approximate surface area is 123 Å². The van der Waals surface area contributed by atoms with E-state index < -0.39 is 0 Å². The van der Waals surface area contributed by atoms with Crippen LogP contribution in [-0.4, -0.2) is 22.0 Å². The van der Waals surface area contributed by atoms with Gasteiger partial charge in [0.2, 0.25) is 0 Å². The molecule has 0 radical (unpaired) electrons. The maximum atomic E-state index is 4.66. The summed E-state index contributed by atoms with van der Waals surface area (Å²) in [5.74, 6) is 1.58. The van der Waals surface area contributed by atoms with Crippen molar-refractivity contribution in [1.29, 1.82) is 0 Å². The first-order valence-corrected chi connectivity index (χ1v) is 6.86. The van der Waals surface area contributed by atoms with E-state index in [-0.39, 0.29) is 0 Å². The minimum Gasteiger partial charge on any atom is -0.373 e. The first-order valence-electron chi connectivity index (χ1n) is 6.86. The van der Waals surface area contributed by atoms with Crippen LogP contribution in [-0.2, 0) is 6.42 Å². The molecule has 3 rings (SSSR count). The molecular formula is C17H16N4. The molecule has 0 bridgehead atoms. The molecule has 0 saturated heterocycles. The first-order chi connectivity index (χ1) is 10.3. The van der Waals surface area contributed by atoms with Crippen LogP contribution in [0.15, 0.2) is 60.8 Å². The highest BCUT2D eigenvalue weighted by molar-refractivity contribution is 5.62. The average molecular weight is 276 g/mol. The predicted molar refractivity (Wildman–Crippen MR) is 84.1 cm³/mol. The smallest absolute Gasteiger partial charge is 0.137 e. The zero-order valence-electron chi connectivity index (χ0n) is 11.8. The Morgan fingerprint density at radius 1 is 0.952 bits per heavy atom. The second kappa shape index (κ2) is 6.13. The number of benzene rings is 1. The summed E-state index contributed by atoms with van der Waals surface area (Å²) in [6.07, 6.45) is 2.41. The number of anilines is 1. The van der Waals surface area contributed by atoms with Crippen LogP contribution >= 0.6 is 0 Å². The largest absolute Gasteiger partial charge is 0.373 e. The van der Waals surface area contributed by atoms with E-state index in [1.54, 1.807) is 6.20 Å². The van der Waals surface area contributed by atoms with Crippen molar-refractivity contribution in [2.24, 2.45) is 0 Å². The zero-order chi connectivity index (χ0) is 14.5. The van der Waals surface area contributed by atoms with E-state index in [1.165, 1.54) is 0 Å². The molecular weight excluding hydrogens is 260 g/mol. The molecule has 21 heavy (non-hydrogen) atoms. The predicted octanol–water partition coefficient (Wildman–Crippen LogP) is 3.17. The van der Waals surface area contributed by atoms with Gasteiger partial charge in [-0.3, -0.25) is 4.98 Å². The lowest BCUT2D eigenvalue weighted by atomic mass is 10.1. The molecule has 0 aliphatic rings. The van der Waals surface area contributed by atoms with Crippen molar-refractivity contribution in [3.8, 4) is 11.3 Å². The highest BCUT2D eigenvalue weighted by Crippen LogP contribution is 2.20. The molecule has 104 valence electrons. The van der Waals surface area contributed by atoms with Crippen molar-refractivity contribution in [2.45, 2.75) is 6.42 Å². The first kappa shape index (κ1) is 13.2. The SMILES string of the molecule is CNc1cc(-c2ccccc2)nc(Cc2ccccn2)n1. The molecule has 1 N–H and O–H groups in total. The Morgan fingerprint density at radius 3 is 2.48 bits per heavy atom. The number of rotatable bonds is 4. The molecule has 0 amide bonds. The minimum absolute atomic E-state index is 0.621. The molecule has 0 unspecified atom stereocenters. The topological polar surface area (TPSA) is 50.7 Å². The third-order valence-corrected chi connectivity index (χ3v) is 3.16. The van der Waals surface area contributed by atoms with E-state index in [0.717, 1.165) is 28.6 Å². The van der Waals surface area contributed by atoms with Crippen LogP contribution in [0.25, 0.3) is 11.3 Å². The fourth-order valence-corrected chi connectivity index (χ4v) is 2.13. The lowest BCUT2D eigenvalue weighted by Crippen LogP contribution is -2.03. The Morgan fingerprint density at radius 2 is 1.76 bits per heavy atom. The summed E-state index contributed by atoms with van der Waals surface area (Å²) in [4.78, 5) is 13.5. The molecule has 4 nitrogen and oxygen atoms in total. The van der Waals surface area contributed by atoms with Crippen LogP contribution in [0.3, 0.4) is 0 Å². The maximum absolute atomic E-state index is 4.66. The van der Waals surface area contributed by atoms with Crippen LogP contribution < -0.4 is 5.32 Å². The van der Waals surface area contributed by atoms with E-state index in [2.05, 4.69) is 20.3 Å². The summed E-state index contributed by atoms with van der Waals surface area (Å²) < 4.78 is 0. The van der Waals surface area contributed by atoms with Crippen LogP contribution in [0.1, 0.15) is 11.5 Å². The van der Waals surface area contributed by atoms with Gasteiger partial charge in [0, 0.05) is 30.6 Å². The third kappa shape index (κ3) is 3.23. The fraction of sp³-hybridized carbons (Fsp3) is 0.118. The van der Waals surface area contributed by atoms with E-state index in [0.29, 0.717) is 6.42 Å². The van der Waals surface area contributed by atoms with Crippen molar-refractivity contribution in [3.63, 3.8) is 0 Å². The maximum Gasteiger partial charge on any atom is 0.137 e. The van der Waals surface area contributed by atoms with Crippen LogP contribution in [0.5, 0.6) is 0 Å². The van der Waals surface area contributed by atoms with Crippen molar-refractivity contribution in [2.75, 3.05) is 12.4 Å². The molecule has 0 fully saturated rings. The standard InChI is InChI=1S/C17H16N4/c1-18-16-12-15(13-7-3-2-4-8-13)20-17(21-16)11-14-9-5-6-10-19-14/h2-10,12H,11H2,1H3,(H,18,20,21). The van der Waals surface area contributed by atoms with E-state index in [9.17, 15) is 0 Å². The van der Waals surface area contributed by atoms with Gasteiger partial charge in [-0.1, -0.05) is 36.4 Å². The summed E-state index contributed by atoms with van der Waals surface area (Å²) in [5, 5.41) is 3.09. The van der Waals surface area contributed by atoms with Gasteiger partial charge in [0.25, 0.3) is 0 Å². The quantitative estimate of drug-likeness (QED) is 0.795. The van der Waals surface area contributed by atoms with Gasteiger partial charge in [0.15, 0.2) is 0 Å². The van der Waals surface area contributed by atoms with Gasteiger partial charge in [-0.25, -0.2) is 9.97 Å². The van der Waals surface area contributed by atoms with Crippen LogP contribution in [0.4, 0.5) is 5.82 Å². The number of aromatic nitrogens is 3. The lowest BCUT2D eigenvalue weighted by molar-refractivity contribution is 0.940. The number of pyridine rings is 1. The molecule has 0 saturated carbocycles. The molecule has 0 atom stereocenters. The third-order valence-electron chi connectivity index (χ3n) is 3.16. The van der Waals surface area contributed by atoms with Gasteiger partial charge in [0.1, 0.15) is 11.6 Å². The molecule has 3 aromatic rings. The van der Waals surface area contributed by atoms with Gasteiger partial charge in [-0.05, 0) is 12.1 Å². The Balaban J connectivity index is 1.98. The van der Waals surface area contributed by atoms with Crippen LogP contribution in [0, 0.1) is 0 Å². The highest BCUT2D eigenvalue weighted by Gasteiger charge is 2.07. The Bertz CT molecular complexity index is 711. The average Bonchev–Trinajstić information content (AvgIpc) is 2.56. The van der Waals surface area contributed by atoms with Gasteiger partial charge < -0.3 is 5.32 Å². The molecule has 4 heteroatoms. The van der Waals surface area contributed by atoms with Gasteiger partial charge >= 0.3 is 0 Å². The van der Waals surface area contributed by atoms with Crippen molar-refractivity contribution in [1.82, 2.24) is 15.0 Å². The monoisotopic (exact) mass is 276 g/mol. The molecule has 0 spiro atoms. The molecule has 2 heterocycles. The summed E-state index contributed by atoms with van der Waals surface area (Å²) in [6.45, 7) is 0. The zero-order valence-corrected chi connectivity index (χ0v) is 11.8. The van der Waals surface area contributed by atoms with E-state index >= 15 is 0 Å². The fourth-order valence-electron chi connectivity index (χ4n) is 2.13. The van der Waals surface area contributed by atoms with Crippen molar-refractivity contribution in [3.05, 3.63) is 72.3 Å². The molecule has 0 aliphatic carbocycles. The molecule has 2 aromatic heterocycles. The van der Waals surface area contributed by atoms with Crippen molar-refractivity contribution >= 4 is 5.82 Å². The second-order valence-corrected chi connectivity index (χ2v) is 4.67. The van der Waals surface area contributed by atoms with E-state index in [1.807, 2.05) is 61.6 Å². The highest BCUT2D eigenvalue weighted by atomic mass is 15.0. The Hall–Kier alpha value is -2.75. The summed E-state index contributed by atoms with van der Waals surface area (Å²) >= 11 is 0. The second-order valence-electron chi connectivity index (χ2n) is 4.67. The Kier molecular flexibility index (Phi) is 3.87. The molecule has 1 aromatic carbocycles. The number of hydrogen-bond acceptors (Lipinski definition) is 4. The lowest BCUT2D eigenvalue weighted by Gasteiger charge is -2.08. The minimum atomic E-state index is 0.621. The molecule has 0 aliphatic heterocycles. The van der Waals surface area contributed by atoms with Crippen molar-refractivity contribution < 1.29 is 0 Å². The van der Waals surface area contributed by atoms with Gasteiger partial charge in [-0.2, -0.15) is 0 Å². The number of hydrogen-bond donors (Lipinski definition) is 1. The van der Waals surface area contributed by atoms with E-state index in [4.69, 9.17) is 0 Å². The number of nitrogens with one attached hydrogen (secondary N) is 1. The summed E-state index contributed by atoms with van der Waals surface area (Å²) in [5.41, 5.74) is 2.96. The summed E-state index contributed by atoms with van der Waals surface area (Å²) in [6, 6.07) is 17.9. The summed E-state index contributed by atoms with van der Waals surface area (Å²) in [7, 11) is 1.86. The van der Waals surface area contributed by atoms with Gasteiger partial charge in [0.05, 0.1) is 12.1 Å². The van der Waals surface area contributed by atoms with Gasteiger partial charge in [-0.15, -0.1) is 0 Å².